The van der Waals surface area contributed by atoms with Crippen LogP contribution in [0.15, 0.2) is 12.1 Å². The number of amides is 1. The van der Waals surface area contributed by atoms with Gasteiger partial charge in [-0.15, -0.1) is 0 Å². The van der Waals surface area contributed by atoms with E-state index in [0.29, 0.717) is 36.6 Å². The first-order chi connectivity index (χ1) is 9.58. The molecule has 6 nitrogen and oxygen atoms in total. The number of carboxylic acid groups (broad SMARTS) is 1. The predicted molar refractivity (Wildman–Crippen MR) is 75.7 cm³/mol. The second-order valence-electron chi connectivity index (χ2n) is 4.56. The monoisotopic (exact) mass is 278 g/mol. The lowest BCUT2D eigenvalue weighted by Gasteiger charge is -2.22. The summed E-state index contributed by atoms with van der Waals surface area (Å²) in [6.45, 7) is 3.13. The molecule has 2 rings (SSSR count). The summed E-state index contributed by atoms with van der Waals surface area (Å²) in [5, 5.41) is 12.3. The highest BCUT2D eigenvalue weighted by atomic mass is 16.5. The van der Waals surface area contributed by atoms with E-state index in [2.05, 4.69) is 5.32 Å². The maximum absolute atomic E-state index is 11.9. The fourth-order valence-electron chi connectivity index (χ4n) is 2.38. The van der Waals surface area contributed by atoms with Crippen molar-refractivity contribution in [1.29, 1.82) is 0 Å². The molecule has 6 heteroatoms. The van der Waals surface area contributed by atoms with Gasteiger partial charge in [-0.05, 0) is 25.5 Å². The lowest BCUT2D eigenvalue weighted by atomic mass is 10.1. The maximum Gasteiger partial charge on any atom is 0.335 e. The second kappa shape index (κ2) is 5.81. The van der Waals surface area contributed by atoms with Crippen molar-refractivity contribution < 1.29 is 19.4 Å². The van der Waals surface area contributed by atoms with Gasteiger partial charge in [0.05, 0.1) is 24.0 Å². The quantitative estimate of drug-likeness (QED) is 0.860. The predicted octanol–water partition coefficient (Wildman–Crippen LogP) is 1.95. The van der Waals surface area contributed by atoms with Gasteiger partial charge in [-0.25, -0.2) is 4.79 Å². The molecule has 1 amide bonds. The number of benzene rings is 1. The largest absolute Gasteiger partial charge is 0.492 e. The minimum absolute atomic E-state index is 0.00622. The van der Waals surface area contributed by atoms with Crippen LogP contribution in [0.2, 0.25) is 0 Å². The van der Waals surface area contributed by atoms with Crippen LogP contribution >= 0.6 is 0 Å². The Morgan fingerprint density at radius 1 is 1.50 bits per heavy atom. The van der Waals surface area contributed by atoms with E-state index in [-0.39, 0.29) is 11.5 Å². The number of carbonyl (C=O) groups excluding carboxylic acids is 1. The van der Waals surface area contributed by atoms with Gasteiger partial charge in [-0.2, -0.15) is 0 Å². The number of aromatic carboxylic acids is 1. The van der Waals surface area contributed by atoms with Crippen LogP contribution in [0, 0.1) is 0 Å². The summed E-state index contributed by atoms with van der Waals surface area (Å²) in [6.07, 6.45) is 1.26. The first-order valence-electron chi connectivity index (χ1n) is 6.58. The van der Waals surface area contributed by atoms with Crippen molar-refractivity contribution in [2.24, 2.45) is 0 Å². The molecule has 108 valence electrons. The summed E-state index contributed by atoms with van der Waals surface area (Å²) in [4.78, 5) is 24.7. The zero-order valence-corrected chi connectivity index (χ0v) is 11.6. The van der Waals surface area contributed by atoms with E-state index in [1.807, 2.05) is 6.92 Å². The van der Waals surface area contributed by atoms with E-state index < -0.39 is 5.97 Å². The maximum atomic E-state index is 11.9. The minimum Gasteiger partial charge on any atom is -0.492 e. The van der Waals surface area contributed by atoms with Crippen molar-refractivity contribution in [2.75, 3.05) is 30.4 Å². The summed E-state index contributed by atoms with van der Waals surface area (Å²) >= 11 is 0. The number of ether oxygens (including phenoxy) is 1. The first kappa shape index (κ1) is 14.2. The van der Waals surface area contributed by atoms with Crippen molar-refractivity contribution in [3.05, 3.63) is 17.7 Å². The van der Waals surface area contributed by atoms with Gasteiger partial charge in [0.2, 0.25) is 5.91 Å². The molecule has 1 aromatic rings. The standard InChI is InChI=1S/C14H18N2O4/c1-3-15-10-7-9(14(18)19)8-11(13(10)20-2)16-6-4-5-12(16)17/h7-8,15H,3-6H2,1-2H3,(H,18,19). The molecule has 0 atom stereocenters. The molecule has 1 aliphatic heterocycles. The summed E-state index contributed by atoms with van der Waals surface area (Å²) in [6, 6.07) is 3.01. The normalized spacial score (nSPS) is 14.5. The molecule has 0 saturated carbocycles. The first-order valence-corrected chi connectivity index (χ1v) is 6.58. The molecule has 0 unspecified atom stereocenters. The van der Waals surface area contributed by atoms with E-state index in [9.17, 15) is 14.7 Å². The molecule has 0 aromatic heterocycles. The van der Waals surface area contributed by atoms with Crippen molar-refractivity contribution >= 4 is 23.3 Å². The molecule has 1 saturated heterocycles. The van der Waals surface area contributed by atoms with E-state index in [4.69, 9.17) is 4.74 Å². The Kier molecular flexibility index (Phi) is 4.12. The lowest BCUT2D eigenvalue weighted by molar-refractivity contribution is -0.117. The van der Waals surface area contributed by atoms with E-state index in [1.54, 1.807) is 4.90 Å². The number of hydrogen-bond acceptors (Lipinski definition) is 4. The smallest absolute Gasteiger partial charge is 0.335 e. The van der Waals surface area contributed by atoms with Crippen molar-refractivity contribution in [3.63, 3.8) is 0 Å². The highest BCUT2D eigenvalue weighted by Crippen LogP contribution is 2.39. The van der Waals surface area contributed by atoms with E-state index in [0.717, 1.165) is 6.42 Å². The third kappa shape index (κ3) is 2.54. The molecule has 0 spiro atoms. The fourth-order valence-corrected chi connectivity index (χ4v) is 2.38. The molecule has 1 aliphatic rings. The summed E-state index contributed by atoms with van der Waals surface area (Å²) in [5.74, 6) is -0.528. The van der Waals surface area contributed by atoms with Gasteiger partial charge in [-0.1, -0.05) is 0 Å². The van der Waals surface area contributed by atoms with Crippen LogP contribution < -0.4 is 15.0 Å². The molecule has 0 bridgehead atoms. The Labute approximate surface area is 117 Å². The van der Waals surface area contributed by atoms with E-state index >= 15 is 0 Å². The summed E-state index contributed by atoms with van der Waals surface area (Å²) in [7, 11) is 1.51. The zero-order valence-electron chi connectivity index (χ0n) is 11.6. The zero-order chi connectivity index (χ0) is 14.7. The number of rotatable bonds is 5. The lowest BCUT2D eigenvalue weighted by Crippen LogP contribution is -2.25. The average Bonchev–Trinajstić information content (AvgIpc) is 2.84. The number of carbonyl (C=O) groups is 2. The SMILES string of the molecule is CCNc1cc(C(=O)O)cc(N2CCCC2=O)c1OC. The Morgan fingerprint density at radius 3 is 2.75 bits per heavy atom. The number of nitrogens with one attached hydrogen (secondary N) is 1. The van der Waals surface area contributed by atoms with Crippen LogP contribution in [0.1, 0.15) is 30.1 Å². The fraction of sp³-hybridized carbons (Fsp3) is 0.429. The van der Waals surface area contributed by atoms with E-state index in [1.165, 1.54) is 19.2 Å². The van der Waals surface area contributed by atoms with Crippen molar-refractivity contribution in [1.82, 2.24) is 0 Å². The summed E-state index contributed by atoms with van der Waals surface area (Å²) < 4.78 is 5.38. The van der Waals surface area contributed by atoms with Gasteiger partial charge in [0, 0.05) is 19.5 Å². The van der Waals surface area contributed by atoms with Crippen LogP contribution in [0.5, 0.6) is 5.75 Å². The topological polar surface area (TPSA) is 78.9 Å². The van der Waals surface area contributed by atoms with Crippen molar-refractivity contribution in [2.45, 2.75) is 19.8 Å². The summed E-state index contributed by atoms with van der Waals surface area (Å²) in [5.41, 5.74) is 1.24. The van der Waals surface area contributed by atoms with Gasteiger partial charge < -0.3 is 20.1 Å². The molecule has 20 heavy (non-hydrogen) atoms. The number of hydrogen-bond donors (Lipinski definition) is 2. The molecule has 1 heterocycles. The van der Waals surface area contributed by atoms with Crippen LogP contribution in [-0.4, -0.2) is 37.2 Å². The van der Waals surface area contributed by atoms with Crippen LogP contribution in [0.25, 0.3) is 0 Å². The molecule has 2 N–H and O–H groups in total. The Hall–Kier alpha value is -2.24. The number of nitrogens with zero attached hydrogens (tertiary/aromatic N) is 1. The van der Waals surface area contributed by atoms with Gasteiger partial charge in [0.25, 0.3) is 0 Å². The minimum atomic E-state index is -1.03. The molecule has 1 fully saturated rings. The number of carboxylic acids is 1. The Balaban J connectivity index is 2.56. The average molecular weight is 278 g/mol. The van der Waals surface area contributed by atoms with Crippen LogP contribution in [-0.2, 0) is 4.79 Å². The molecule has 1 aromatic carbocycles. The van der Waals surface area contributed by atoms with Gasteiger partial charge in [-0.3, -0.25) is 4.79 Å². The highest BCUT2D eigenvalue weighted by molar-refractivity contribution is 6.00. The van der Waals surface area contributed by atoms with Gasteiger partial charge in [0.1, 0.15) is 0 Å². The van der Waals surface area contributed by atoms with Crippen LogP contribution in [0.3, 0.4) is 0 Å². The van der Waals surface area contributed by atoms with Crippen LogP contribution in [0.4, 0.5) is 11.4 Å². The Morgan fingerprint density at radius 2 is 2.25 bits per heavy atom. The third-order valence-corrected chi connectivity index (χ3v) is 3.25. The second-order valence-corrected chi connectivity index (χ2v) is 4.56. The number of methoxy groups -OCH3 is 1. The third-order valence-electron chi connectivity index (χ3n) is 3.25. The highest BCUT2D eigenvalue weighted by Gasteiger charge is 2.27. The number of anilines is 2. The van der Waals surface area contributed by atoms with Crippen molar-refractivity contribution in [3.8, 4) is 5.75 Å². The molecular weight excluding hydrogens is 260 g/mol. The molecule has 0 aliphatic carbocycles. The Bertz CT molecular complexity index is 542. The molecular formula is C14H18N2O4. The van der Waals surface area contributed by atoms with Gasteiger partial charge in [0.15, 0.2) is 5.75 Å². The molecule has 0 radical (unpaired) electrons. The van der Waals surface area contributed by atoms with Gasteiger partial charge >= 0.3 is 5.97 Å².